The minimum atomic E-state index is -3.68. The molecule has 202 valence electrons. The average molecular weight is 570 g/mol. The Labute approximate surface area is 230 Å². The number of nitrogens with zero attached hydrogens (tertiary/aromatic N) is 3. The molecule has 8 nitrogen and oxygen atoms in total. The van der Waals surface area contributed by atoms with Gasteiger partial charge in [0.05, 0.1) is 29.6 Å². The summed E-state index contributed by atoms with van der Waals surface area (Å²) in [5.74, 6) is 0.0595. The van der Waals surface area contributed by atoms with E-state index in [1.165, 1.54) is 19.2 Å². The Bertz CT molecular complexity index is 1700. The van der Waals surface area contributed by atoms with Crippen LogP contribution in [0.1, 0.15) is 27.0 Å². The zero-order chi connectivity index (χ0) is 27.9. The number of hydrogen-bond acceptors (Lipinski definition) is 6. The first-order valence-corrected chi connectivity index (χ1v) is 14.2. The number of halogens is 2. The van der Waals surface area contributed by atoms with E-state index >= 15 is 0 Å². The van der Waals surface area contributed by atoms with Crippen molar-refractivity contribution in [3.05, 3.63) is 93.9 Å². The van der Waals surface area contributed by atoms with Gasteiger partial charge in [-0.25, -0.2) is 12.8 Å². The van der Waals surface area contributed by atoms with E-state index in [2.05, 4.69) is 4.98 Å². The monoisotopic (exact) mass is 569 g/mol. The molecule has 1 amide bonds. The molecule has 4 aromatic rings. The lowest BCUT2D eigenvalue weighted by Crippen LogP contribution is -2.26. The van der Waals surface area contributed by atoms with Crippen LogP contribution in [-0.4, -0.2) is 44.6 Å². The van der Waals surface area contributed by atoms with E-state index in [0.29, 0.717) is 33.5 Å². The normalized spacial score (nSPS) is 13.1. The predicted molar refractivity (Wildman–Crippen MR) is 147 cm³/mol. The molecular formula is C28H25ClFN3O5S. The van der Waals surface area contributed by atoms with Gasteiger partial charge >= 0.3 is 0 Å². The summed E-state index contributed by atoms with van der Waals surface area (Å²) >= 11 is 5.97. The summed E-state index contributed by atoms with van der Waals surface area (Å²) in [6.07, 6.45) is 2.67. The molecule has 11 heteroatoms. The average Bonchev–Trinajstić information content (AvgIpc) is 3.23. The molecule has 0 fully saturated rings. The number of anilines is 1. The van der Waals surface area contributed by atoms with Gasteiger partial charge in [-0.3, -0.25) is 14.1 Å². The maximum absolute atomic E-state index is 13.9. The smallest absolute Gasteiger partial charge is 0.258 e. The number of rotatable bonds is 8. The first-order valence-electron chi connectivity index (χ1n) is 11.9. The van der Waals surface area contributed by atoms with Gasteiger partial charge in [0, 0.05) is 37.3 Å². The van der Waals surface area contributed by atoms with Gasteiger partial charge in [-0.05, 0) is 47.5 Å². The number of fused-ring (bicyclic) bond motifs is 2. The third kappa shape index (κ3) is 5.09. The number of carbonyl (C=O) groups excluding carboxylic acids is 1. The summed E-state index contributed by atoms with van der Waals surface area (Å²) in [5, 5.41) is 0.487. The number of sulfonamides is 1. The van der Waals surface area contributed by atoms with Crippen LogP contribution in [0.3, 0.4) is 0 Å². The van der Waals surface area contributed by atoms with Crippen LogP contribution in [0.2, 0.25) is 5.02 Å². The van der Waals surface area contributed by atoms with Crippen LogP contribution < -0.4 is 13.8 Å². The number of methoxy groups -OCH3 is 1. The van der Waals surface area contributed by atoms with Gasteiger partial charge in [0.15, 0.2) is 5.75 Å². The highest BCUT2D eigenvalue weighted by Gasteiger charge is 2.38. The topological polar surface area (TPSA) is 89.0 Å². The molecule has 0 saturated carbocycles. The van der Waals surface area contributed by atoms with E-state index < -0.39 is 15.8 Å². The molecule has 0 radical (unpaired) electrons. The first kappa shape index (κ1) is 26.7. The Hall–Kier alpha value is -3.89. The van der Waals surface area contributed by atoms with Crippen LogP contribution in [0.5, 0.6) is 11.5 Å². The zero-order valence-corrected chi connectivity index (χ0v) is 23.0. The Morgan fingerprint density at radius 1 is 1.13 bits per heavy atom. The minimum absolute atomic E-state index is 0.0485. The number of hydrogen-bond donors (Lipinski definition) is 0. The second kappa shape index (κ2) is 10.3. The van der Waals surface area contributed by atoms with Crippen molar-refractivity contribution >= 4 is 44.1 Å². The Morgan fingerprint density at radius 2 is 1.85 bits per heavy atom. The molecule has 0 saturated heterocycles. The van der Waals surface area contributed by atoms with E-state index in [-0.39, 0.29) is 41.9 Å². The van der Waals surface area contributed by atoms with Crippen molar-refractivity contribution in [2.75, 3.05) is 24.7 Å². The van der Waals surface area contributed by atoms with Crippen LogP contribution in [0.4, 0.5) is 10.1 Å². The van der Waals surface area contributed by atoms with Gasteiger partial charge in [-0.1, -0.05) is 29.8 Å². The van der Waals surface area contributed by atoms with Crippen molar-refractivity contribution in [3.8, 4) is 11.5 Å². The van der Waals surface area contributed by atoms with E-state index in [0.717, 1.165) is 16.1 Å². The fraction of sp³-hybridized carbons (Fsp3) is 0.214. The molecule has 0 unspecified atom stereocenters. The van der Waals surface area contributed by atoms with Crippen LogP contribution in [0.25, 0.3) is 10.9 Å². The molecule has 0 spiro atoms. The van der Waals surface area contributed by atoms with Crippen molar-refractivity contribution in [2.45, 2.75) is 19.7 Å². The Kier molecular flexibility index (Phi) is 7.09. The molecule has 1 aromatic heterocycles. The second-order valence-corrected chi connectivity index (χ2v) is 11.6. The fourth-order valence-corrected chi connectivity index (χ4v) is 5.39. The van der Waals surface area contributed by atoms with Crippen molar-refractivity contribution in [1.29, 1.82) is 0 Å². The van der Waals surface area contributed by atoms with Gasteiger partial charge in [-0.2, -0.15) is 0 Å². The SMILES string of the molecule is COc1ccc(COc2c3c(c(N(C)S(C)(=O)=O)c4cccnc24)CN(Cc2ccc(F)c(Cl)c2)C3=O)cc1. The lowest BCUT2D eigenvalue weighted by atomic mass is 10.0. The molecule has 1 aliphatic heterocycles. The molecule has 3 aromatic carbocycles. The molecule has 0 N–H and O–H groups in total. The van der Waals surface area contributed by atoms with Crippen molar-refractivity contribution in [2.24, 2.45) is 0 Å². The van der Waals surface area contributed by atoms with Crippen molar-refractivity contribution in [3.63, 3.8) is 0 Å². The largest absolute Gasteiger partial charge is 0.497 e. The van der Waals surface area contributed by atoms with Crippen LogP contribution in [0.15, 0.2) is 60.8 Å². The maximum Gasteiger partial charge on any atom is 0.258 e. The molecule has 5 rings (SSSR count). The van der Waals surface area contributed by atoms with E-state index in [9.17, 15) is 17.6 Å². The summed E-state index contributed by atoms with van der Waals surface area (Å²) in [4.78, 5) is 19.9. The third-order valence-corrected chi connectivity index (χ3v) is 8.12. The highest BCUT2D eigenvalue weighted by Crippen LogP contribution is 2.45. The quantitative estimate of drug-likeness (QED) is 0.291. The van der Waals surface area contributed by atoms with Gasteiger partial charge in [0.25, 0.3) is 5.91 Å². The zero-order valence-electron chi connectivity index (χ0n) is 21.4. The molecule has 1 aliphatic rings. The van der Waals surface area contributed by atoms with E-state index in [1.54, 1.807) is 36.4 Å². The summed E-state index contributed by atoms with van der Waals surface area (Å²) in [6.45, 7) is 0.392. The summed E-state index contributed by atoms with van der Waals surface area (Å²) in [7, 11) is -0.655. The minimum Gasteiger partial charge on any atom is -0.497 e. The van der Waals surface area contributed by atoms with Crippen molar-refractivity contribution < 1.29 is 27.1 Å². The highest BCUT2D eigenvalue weighted by atomic mass is 35.5. The molecule has 0 atom stereocenters. The standard InChI is InChI=1S/C28H25ClFN3O5S/c1-32(39(3,35)36)26-20-5-4-12-31-25(20)27(38-16-17-6-9-19(37-2)10-7-17)24-21(26)15-33(28(24)34)14-18-8-11-23(30)22(29)13-18/h4-13H,14-16H2,1-3H3. The number of ether oxygens (including phenoxy) is 2. The lowest BCUT2D eigenvalue weighted by Gasteiger charge is -2.23. The fourth-order valence-electron chi connectivity index (χ4n) is 4.64. The summed E-state index contributed by atoms with van der Waals surface area (Å²) in [5.41, 5.74) is 2.95. The van der Waals surface area contributed by atoms with Crippen molar-refractivity contribution in [1.82, 2.24) is 9.88 Å². The van der Waals surface area contributed by atoms with Crippen LogP contribution >= 0.6 is 11.6 Å². The number of benzene rings is 3. The lowest BCUT2D eigenvalue weighted by molar-refractivity contribution is 0.0763. The van der Waals surface area contributed by atoms with E-state index in [1.807, 2.05) is 24.3 Å². The predicted octanol–water partition coefficient (Wildman–Crippen LogP) is 5.17. The molecule has 2 heterocycles. The number of carbonyl (C=O) groups is 1. The number of pyridine rings is 1. The second-order valence-electron chi connectivity index (χ2n) is 9.21. The number of amides is 1. The van der Waals surface area contributed by atoms with Crippen LogP contribution in [-0.2, 0) is 29.7 Å². The third-order valence-electron chi connectivity index (χ3n) is 6.65. The van der Waals surface area contributed by atoms with Gasteiger partial charge in [-0.15, -0.1) is 0 Å². The molecular weight excluding hydrogens is 545 g/mol. The van der Waals surface area contributed by atoms with E-state index in [4.69, 9.17) is 21.1 Å². The molecule has 39 heavy (non-hydrogen) atoms. The highest BCUT2D eigenvalue weighted by molar-refractivity contribution is 7.92. The van der Waals surface area contributed by atoms with Gasteiger partial charge in [0.1, 0.15) is 23.7 Å². The van der Waals surface area contributed by atoms with Gasteiger partial charge in [0.2, 0.25) is 10.0 Å². The van der Waals surface area contributed by atoms with Gasteiger partial charge < -0.3 is 14.4 Å². The first-order chi connectivity index (χ1) is 18.6. The summed E-state index contributed by atoms with van der Waals surface area (Å²) < 4.78 is 51.7. The molecule has 0 aliphatic carbocycles. The maximum atomic E-state index is 13.9. The number of aromatic nitrogens is 1. The molecule has 0 bridgehead atoms. The Balaban J connectivity index is 1.63. The summed E-state index contributed by atoms with van der Waals surface area (Å²) in [6, 6.07) is 15.1. The Morgan fingerprint density at radius 3 is 2.51 bits per heavy atom. The van der Waals surface area contributed by atoms with Crippen LogP contribution in [0, 0.1) is 5.82 Å².